The molecule has 0 aliphatic rings. The number of nitrogen functional groups attached to an aromatic ring is 1. The average molecular weight is 280 g/mol. The van der Waals surface area contributed by atoms with Crippen LogP contribution in [0.25, 0.3) is 22.9 Å². The van der Waals surface area contributed by atoms with E-state index in [2.05, 4.69) is 17.3 Å². The molecule has 0 unspecified atom stereocenters. The van der Waals surface area contributed by atoms with Crippen LogP contribution >= 0.6 is 0 Å². The maximum atomic E-state index is 5.87. The zero-order valence-electron chi connectivity index (χ0n) is 12.0. The van der Waals surface area contributed by atoms with Crippen LogP contribution in [0.4, 0.5) is 5.69 Å². The van der Waals surface area contributed by atoms with E-state index in [9.17, 15) is 0 Å². The van der Waals surface area contributed by atoms with Gasteiger partial charge in [-0.2, -0.15) is 0 Å². The van der Waals surface area contributed by atoms with Crippen molar-refractivity contribution in [3.63, 3.8) is 0 Å². The van der Waals surface area contributed by atoms with Crippen molar-refractivity contribution in [3.8, 4) is 5.75 Å². The summed E-state index contributed by atoms with van der Waals surface area (Å²) in [5.41, 5.74) is 8.18. The van der Waals surface area contributed by atoms with Crippen LogP contribution in [-0.2, 0) is 0 Å². The molecule has 0 fully saturated rings. The molecule has 4 heteroatoms. The van der Waals surface area contributed by atoms with Gasteiger partial charge in [0, 0.05) is 0 Å². The van der Waals surface area contributed by atoms with E-state index in [-0.39, 0.29) is 0 Å². The van der Waals surface area contributed by atoms with Crippen LogP contribution in [0, 0.1) is 6.92 Å². The molecular formula is C17H16N2O2. The second-order valence-electron chi connectivity index (χ2n) is 4.84. The third-order valence-electron chi connectivity index (χ3n) is 3.44. The van der Waals surface area contributed by atoms with E-state index in [1.807, 2.05) is 36.4 Å². The fraction of sp³-hybridized carbons (Fsp3) is 0.118. The SMILES string of the molecule is COc1ccc2cc(C=Cc3noc(C)c3N)ccc2c1. The number of aryl methyl sites for hydroxylation is 1. The molecule has 0 bridgehead atoms. The van der Waals surface area contributed by atoms with Crippen LogP contribution in [0.5, 0.6) is 5.75 Å². The van der Waals surface area contributed by atoms with Crippen molar-refractivity contribution in [2.45, 2.75) is 6.92 Å². The second-order valence-corrected chi connectivity index (χ2v) is 4.84. The number of benzene rings is 2. The van der Waals surface area contributed by atoms with Crippen LogP contribution in [-0.4, -0.2) is 12.3 Å². The van der Waals surface area contributed by atoms with Gasteiger partial charge in [-0.3, -0.25) is 0 Å². The molecule has 2 N–H and O–H groups in total. The minimum absolute atomic E-state index is 0.580. The number of nitrogens with zero attached hydrogens (tertiary/aromatic N) is 1. The Labute approximate surface area is 122 Å². The molecule has 0 saturated carbocycles. The summed E-state index contributed by atoms with van der Waals surface area (Å²) in [6.45, 7) is 1.79. The number of ether oxygens (including phenoxy) is 1. The van der Waals surface area contributed by atoms with Crippen molar-refractivity contribution in [3.05, 3.63) is 53.4 Å². The third-order valence-corrected chi connectivity index (χ3v) is 3.44. The van der Waals surface area contributed by atoms with Crippen LogP contribution in [0.15, 0.2) is 40.9 Å². The van der Waals surface area contributed by atoms with Crippen LogP contribution < -0.4 is 10.5 Å². The van der Waals surface area contributed by atoms with Crippen LogP contribution in [0.3, 0.4) is 0 Å². The van der Waals surface area contributed by atoms with Crippen molar-refractivity contribution in [2.24, 2.45) is 0 Å². The molecule has 0 aliphatic heterocycles. The lowest BCUT2D eigenvalue weighted by Gasteiger charge is -2.03. The van der Waals surface area contributed by atoms with Gasteiger partial charge >= 0.3 is 0 Å². The van der Waals surface area contributed by atoms with E-state index in [4.69, 9.17) is 15.0 Å². The van der Waals surface area contributed by atoms with Gasteiger partial charge in [-0.05, 0) is 47.5 Å². The van der Waals surface area contributed by atoms with Gasteiger partial charge in [0.25, 0.3) is 0 Å². The molecular weight excluding hydrogens is 264 g/mol. The summed E-state index contributed by atoms with van der Waals surface area (Å²) in [7, 11) is 1.67. The molecule has 21 heavy (non-hydrogen) atoms. The van der Waals surface area contributed by atoms with E-state index >= 15 is 0 Å². The number of nitrogens with two attached hydrogens (primary N) is 1. The summed E-state index contributed by atoms with van der Waals surface area (Å²) < 4.78 is 10.3. The molecule has 0 spiro atoms. The van der Waals surface area contributed by atoms with Crippen molar-refractivity contribution in [1.82, 2.24) is 5.16 Å². The predicted octanol–water partition coefficient (Wildman–Crippen LogP) is 3.90. The molecule has 106 valence electrons. The first-order chi connectivity index (χ1) is 10.2. The van der Waals surface area contributed by atoms with E-state index in [1.54, 1.807) is 14.0 Å². The van der Waals surface area contributed by atoms with Crippen molar-refractivity contribution >= 4 is 28.6 Å². The first kappa shape index (κ1) is 13.2. The van der Waals surface area contributed by atoms with Gasteiger partial charge in [0.05, 0.1) is 7.11 Å². The van der Waals surface area contributed by atoms with Gasteiger partial charge in [-0.25, -0.2) is 0 Å². The minimum atomic E-state index is 0.580. The van der Waals surface area contributed by atoms with E-state index < -0.39 is 0 Å². The normalized spacial score (nSPS) is 11.3. The zero-order valence-corrected chi connectivity index (χ0v) is 12.0. The average Bonchev–Trinajstić information content (AvgIpc) is 2.84. The standard InChI is InChI=1S/C17H16N2O2/c1-11-17(18)16(19-21-11)8-4-12-3-5-14-10-15(20-2)7-6-13(14)9-12/h3-10H,18H2,1-2H3. The molecule has 3 aromatic rings. The van der Waals surface area contributed by atoms with E-state index in [1.165, 1.54) is 0 Å². The fourth-order valence-electron chi connectivity index (χ4n) is 2.16. The molecule has 0 amide bonds. The molecule has 4 nitrogen and oxygen atoms in total. The van der Waals surface area contributed by atoms with Crippen molar-refractivity contribution in [2.75, 3.05) is 12.8 Å². The lowest BCUT2D eigenvalue weighted by molar-refractivity contribution is 0.397. The molecule has 1 aromatic heterocycles. The summed E-state index contributed by atoms with van der Waals surface area (Å²) >= 11 is 0. The van der Waals surface area contributed by atoms with Crippen LogP contribution in [0.2, 0.25) is 0 Å². The van der Waals surface area contributed by atoms with Gasteiger partial charge in [0.1, 0.15) is 17.1 Å². The second kappa shape index (κ2) is 5.32. The Morgan fingerprint density at radius 2 is 1.86 bits per heavy atom. The number of hydrogen-bond donors (Lipinski definition) is 1. The Hall–Kier alpha value is -2.75. The van der Waals surface area contributed by atoms with Gasteiger partial charge in [-0.15, -0.1) is 0 Å². The topological polar surface area (TPSA) is 61.3 Å². The van der Waals surface area contributed by atoms with Gasteiger partial charge in [-0.1, -0.05) is 29.4 Å². The monoisotopic (exact) mass is 280 g/mol. The largest absolute Gasteiger partial charge is 0.497 e. The highest BCUT2D eigenvalue weighted by Gasteiger charge is 2.05. The van der Waals surface area contributed by atoms with Gasteiger partial charge < -0.3 is 15.0 Å². The Bertz CT molecular complexity index is 819. The molecule has 3 rings (SSSR count). The minimum Gasteiger partial charge on any atom is -0.497 e. The quantitative estimate of drug-likeness (QED) is 0.790. The maximum absolute atomic E-state index is 5.87. The number of aromatic nitrogens is 1. The zero-order chi connectivity index (χ0) is 14.8. The molecule has 1 heterocycles. The first-order valence-electron chi connectivity index (χ1n) is 6.65. The van der Waals surface area contributed by atoms with Crippen molar-refractivity contribution < 1.29 is 9.26 Å². The fourth-order valence-corrected chi connectivity index (χ4v) is 2.16. The molecule has 2 aromatic carbocycles. The Morgan fingerprint density at radius 1 is 1.10 bits per heavy atom. The summed E-state index contributed by atoms with van der Waals surface area (Å²) in [6.07, 6.45) is 3.83. The molecule has 0 saturated heterocycles. The third kappa shape index (κ3) is 2.60. The van der Waals surface area contributed by atoms with E-state index in [0.29, 0.717) is 17.1 Å². The molecule has 0 aliphatic carbocycles. The van der Waals surface area contributed by atoms with Crippen molar-refractivity contribution in [1.29, 1.82) is 0 Å². The summed E-state index contributed by atoms with van der Waals surface area (Å²) in [5, 5.41) is 6.21. The predicted molar refractivity (Wildman–Crippen MR) is 85.1 cm³/mol. The summed E-state index contributed by atoms with van der Waals surface area (Å²) in [6, 6.07) is 12.2. The summed E-state index contributed by atoms with van der Waals surface area (Å²) in [4.78, 5) is 0. The first-order valence-corrected chi connectivity index (χ1v) is 6.65. The van der Waals surface area contributed by atoms with Crippen LogP contribution in [0.1, 0.15) is 17.0 Å². The van der Waals surface area contributed by atoms with E-state index in [0.717, 1.165) is 22.1 Å². The highest BCUT2D eigenvalue weighted by Crippen LogP contribution is 2.23. The Kier molecular flexibility index (Phi) is 3.36. The Morgan fingerprint density at radius 3 is 2.57 bits per heavy atom. The molecule has 0 radical (unpaired) electrons. The van der Waals surface area contributed by atoms with Gasteiger partial charge in [0.2, 0.25) is 0 Å². The molecule has 0 atom stereocenters. The smallest absolute Gasteiger partial charge is 0.157 e. The number of methoxy groups -OCH3 is 1. The lowest BCUT2D eigenvalue weighted by atomic mass is 10.1. The number of rotatable bonds is 3. The Balaban J connectivity index is 1.92. The number of fused-ring (bicyclic) bond motifs is 1. The lowest BCUT2D eigenvalue weighted by Crippen LogP contribution is -1.87. The highest BCUT2D eigenvalue weighted by molar-refractivity contribution is 5.87. The summed E-state index contributed by atoms with van der Waals surface area (Å²) in [5.74, 6) is 1.50. The number of anilines is 1. The highest BCUT2D eigenvalue weighted by atomic mass is 16.5. The maximum Gasteiger partial charge on any atom is 0.157 e. The number of hydrogen-bond acceptors (Lipinski definition) is 4. The van der Waals surface area contributed by atoms with Gasteiger partial charge in [0.15, 0.2) is 5.76 Å².